The molecule has 2 atom stereocenters. The van der Waals surface area contributed by atoms with E-state index < -0.39 is 6.29 Å². The van der Waals surface area contributed by atoms with Crippen molar-refractivity contribution in [1.29, 1.82) is 0 Å². The third kappa shape index (κ3) is 3.45. The van der Waals surface area contributed by atoms with Crippen LogP contribution in [0.5, 0.6) is 5.75 Å². The molecule has 3 aromatic carbocycles. The fourth-order valence-electron chi connectivity index (χ4n) is 3.68. The van der Waals surface area contributed by atoms with E-state index in [4.69, 9.17) is 27.8 Å². The molecule has 4 rings (SSSR count). The minimum atomic E-state index is -0.449. The quantitative estimate of drug-likeness (QED) is 0.694. The monoisotopic (exact) mass is 394 g/mol. The number of nitrogens with zero attached hydrogens (tertiary/aromatic N) is 2. The van der Waals surface area contributed by atoms with Gasteiger partial charge in [0.15, 0.2) is 0 Å². The number of nitrogens with two attached hydrogens (primary N) is 2. The smallest absolute Gasteiger partial charge is 0.141 e. The van der Waals surface area contributed by atoms with Crippen LogP contribution in [-0.4, -0.2) is 18.3 Å². The van der Waals surface area contributed by atoms with Crippen molar-refractivity contribution in [2.45, 2.75) is 19.0 Å². The van der Waals surface area contributed by atoms with Crippen LogP contribution >= 0.6 is 11.6 Å². The van der Waals surface area contributed by atoms with Crippen molar-refractivity contribution < 1.29 is 4.74 Å². The number of ether oxygens (including phenoxy) is 1. The van der Waals surface area contributed by atoms with E-state index in [2.05, 4.69) is 9.80 Å². The molecule has 2 unspecified atom stereocenters. The molecule has 5 nitrogen and oxygen atoms in total. The summed E-state index contributed by atoms with van der Waals surface area (Å²) in [5.41, 5.74) is 17.4. The fourth-order valence-corrected chi connectivity index (χ4v) is 3.87. The molecule has 0 radical (unpaired) electrons. The number of halogens is 1. The van der Waals surface area contributed by atoms with E-state index in [0.29, 0.717) is 11.6 Å². The zero-order valence-electron chi connectivity index (χ0n) is 15.6. The zero-order valence-corrected chi connectivity index (χ0v) is 16.4. The summed E-state index contributed by atoms with van der Waals surface area (Å²) in [6, 6.07) is 23.7. The number of fused-ring (bicyclic) bond motifs is 1. The molecule has 0 aliphatic carbocycles. The van der Waals surface area contributed by atoms with E-state index in [9.17, 15) is 0 Å². The van der Waals surface area contributed by atoms with Crippen LogP contribution in [0.3, 0.4) is 0 Å². The van der Waals surface area contributed by atoms with Crippen LogP contribution in [-0.2, 0) is 6.54 Å². The third-order valence-electron chi connectivity index (χ3n) is 5.06. The molecule has 0 spiro atoms. The Bertz CT molecular complexity index is 980. The van der Waals surface area contributed by atoms with Crippen molar-refractivity contribution in [1.82, 2.24) is 4.90 Å². The summed E-state index contributed by atoms with van der Waals surface area (Å²) in [5.74, 6) is 0.809. The highest BCUT2D eigenvalue weighted by molar-refractivity contribution is 6.30. The largest absolute Gasteiger partial charge is 0.497 e. The molecule has 0 fully saturated rings. The molecule has 0 amide bonds. The second-order valence-corrected chi connectivity index (χ2v) is 7.23. The molecule has 6 heteroatoms. The van der Waals surface area contributed by atoms with Crippen LogP contribution in [0.15, 0.2) is 72.8 Å². The van der Waals surface area contributed by atoms with Gasteiger partial charge in [-0.3, -0.25) is 5.73 Å². The summed E-state index contributed by atoms with van der Waals surface area (Å²) < 4.78 is 5.35. The predicted octanol–water partition coefficient (Wildman–Crippen LogP) is 4.20. The molecule has 0 saturated carbocycles. The van der Waals surface area contributed by atoms with Gasteiger partial charge in [-0.05, 0) is 42.0 Å². The molecule has 1 aliphatic heterocycles. The summed E-state index contributed by atoms with van der Waals surface area (Å²) in [6.45, 7) is 0.588. The van der Waals surface area contributed by atoms with Crippen molar-refractivity contribution in [2.75, 3.05) is 12.0 Å². The molecule has 1 aliphatic rings. The SMILES string of the molecule is COc1cccc(CN2C(N)c3ccccc3N(c3cccc(Cl)c3)C2N)c1. The standard InChI is InChI=1S/C22H23ClN4O/c1-28-18-9-4-6-15(12-18)14-26-21(24)19-10-2-3-11-20(19)27(22(26)25)17-8-5-7-16(23)13-17/h2-13,21-22H,14,24-25H2,1H3. The third-order valence-corrected chi connectivity index (χ3v) is 5.30. The Hall–Kier alpha value is -2.57. The zero-order chi connectivity index (χ0) is 19.7. The van der Waals surface area contributed by atoms with Gasteiger partial charge < -0.3 is 15.4 Å². The molecule has 4 N–H and O–H groups in total. The molecule has 3 aromatic rings. The second-order valence-electron chi connectivity index (χ2n) is 6.79. The van der Waals surface area contributed by atoms with Crippen LogP contribution in [0.2, 0.25) is 5.02 Å². The summed E-state index contributed by atoms with van der Waals surface area (Å²) in [5, 5.41) is 0.663. The predicted molar refractivity (Wildman–Crippen MR) is 113 cm³/mol. The minimum absolute atomic E-state index is 0.326. The first-order chi connectivity index (χ1) is 13.6. The molecule has 0 bridgehead atoms. The normalized spacial score (nSPS) is 19.4. The maximum Gasteiger partial charge on any atom is 0.141 e. The van der Waals surface area contributed by atoms with Gasteiger partial charge >= 0.3 is 0 Å². The Balaban J connectivity index is 1.76. The van der Waals surface area contributed by atoms with E-state index in [0.717, 1.165) is 28.3 Å². The first kappa shape index (κ1) is 18.8. The van der Waals surface area contributed by atoms with E-state index >= 15 is 0 Å². The average Bonchev–Trinajstić information content (AvgIpc) is 2.71. The van der Waals surface area contributed by atoms with Crippen molar-refractivity contribution in [3.05, 3.63) is 88.9 Å². The lowest BCUT2D eigenvalue weighted by Crippen LogP contribution is -2.58. The Morgan fingerprint density at radius 3 is 2.54 bits per heavy atom. The highest BCUT2D eigenvalue weighted by atomic mass is 35.5. The number of para-hydroxylation sites is 1. The first-order valence-electron chi connectivity index (χ1n) is 9.12. The molecule has 0 saturated heterocycles. The Morgan fingerprint density at radius 2 is 1.75 bits per heavy atom. The summed E-state index contributed by atoms with van der Waals surface area (Å²) >= 11 is 6.25. The van der Waals surface area contributed by atoms with Gasteiger partial charge in [0.2, 0.25) is 0 Å². The molecular weight excluding hydrogens is 372 g/mol. The van der Waals surface area contributed by atoms with Crippen LogP contribution in [0.4, 0.5) is 11.4 Å². The van der Waals surface area contributed by atoms with Crippen LogP contribution in [0.1, 0.15) is 17.3 Å². The highest BCUT2D eigenvalue weighted by Gasteiger charge is 2.36. The summed E-state index contributed by atoms with van der Waals surface area (Å²) in [4.78, 5) is 4.14. The van der Waals surface area contributed by atoms with Crippen molar-refractivity contribution >= 4 is 23.0 Å². The minimum Gasteiger partial charge on any atom is -0.497 e. The van der Waals surface area contributed by atoms with Gasteiger partial charge in [0.05, 0.1) is 13.3 Å². The van der Waals surface area contributed by atoms with Gasteiger partial charge in [-0.2, -0.15) is 0 Å². The van der Waals surface area contributed by atoms with E-state index in [-0.39, 0.29) is 6.17 Å². The maximum atomic E-state index is 6.73. The maximum absolute atomic E-state index is 6.73. The number of hydrogen-bond donors (Lipinski definition) is 2. The topological polar surface area (TPSA) is 67.8 Å². The van der Waals surface area contributed by atoms with Crippen LogP contribution in [0.25, 0.3) is 0 Å². The van der Waals surface area contributed by atoms with Gasteiger partial charge in [0, 0.05) is 28.5 Å². The average molecular weight is 395 g/mol. The van der Waals surface area contributed by atoms with E-state index in [1.165, 1.54) is 0 Å². The van der Waals surface area contributed by atoms with Gasteiger partial charge in [-0.15, -0.1) is 0 Å². The first-order valence-corrected chi connectivity index (χ1v) is 9.50. The van der Waals surface area contributed by atoms with E-state index in [1.54, 1.807) is 7.11 Å². The van der Waals surface area contributed by atoms with Crippen molar-refractivity contribution in [2.24, 2.45) is 11.5 Å². The van der Waals surface area contributed by atoms with Crippen LogP contribution in [0, 0.1) is 0 Å². The van der Waals surface area contributed by atoms with Crippen molar-refractivity contribution in [3.63, 3.8) is 0 Å². The Morgan fingerprint density at radius 1 is 0.964 bits per heavy atom. The van der Waals surface area contributed by atoms with E-state index in [1.807, 2.05) is 72.8 Å². The Kier molecular flexibility index (Phi) is 5.24. The van der Waals surface area contributed by atoms with Gasteiger partial charge in [-0.25, -0.2) is 4.90 Å². The lowest BCUT2D eigenvalue weighted by molar-refractivity contribution is 0.121. The van der Waals surface area contributed by atoms with Crippen molar-refractivity contribution in [3.8, 4) is 5.75 Å². The second kappa shape index (κ2) is 7.81. The summed E-state index contributed by atoms with van der Waals surface area (Å²) in [6.07, 6.45) is -0.776. The van der Waals surface area contributed by atoms with Gasteiger partial charge in [0.25, 0.3) is 0 Å². The number of methoxy groups -OCH3 is 1. The molecule has 1 heterocycles. The number of anilines is 2. The van der Waals surface area contributed by atoms with Gasteiger partial charge in [0.1, 0.15) is 12.0 Å². The molecular formula is C22H23ClN4O. The Labute approximate surface area is 170 Å². The fraction of sp³-hybridized carbons (Fsp3) is 0.182. The lowest BCUT2D eigenvalue weighted by atomic mass is 10.0. The molecule has 0 aromatic heterocycles. The molecule has 144 valence electrons. The number of hydrogen-bond acceptors (Lipinski definition) is 5. The highest BCUT2D eigenvalue weighted by Crippen LogP contribution is 2.40. The summed E-state index contributed by atoms with van der Waals surface area (Å²) in [7, 11) is 1.66. The number of benzene rings is 3. The van der Waals surface area contributed by atoms with Gasteiger partial charge in [-0.1, -0.05) is 48.0 Å². The van der Waals surface area contributed by atoms with Crippen LogP contribution < -0.4 is 21.1 Å². The molecule has 28 heavy (non-hydrogen) atoms. The lowest BCUT2D eigenvalue weighted by Gasteiger charge is -2.47. The number of rotatable bonds is 4.